The van der Waals surface area contributed by atoms with Crippen molar-refractivity contribution in [3.05, 3.63) is 0 Å². The Morgan fingerprint density at radius 3 is 2.09 bits per heavy atom. The lowest BCUT2D eigenvalue weighted by Crippen LogP contribution is -3.00. The molecule has 11 heavy (non-hydrogen) atoms. The smallest absolute Gasteiger partial charge is 0.141 e. The molecule has 0 saturated heterocycles. The summed E-state index contributed by atoms with van der Waals surface area (Å²) >= 11 is 0. The Hall–Kier alpha value is 0.360. The quantitative estimate of drug-likeness (QED) is 0.406. The molecule has 0 aromatic rings. The number of quaternary nitrogens is 1. The number of Topliss-reactive ketones (excluding diaryl/α,β-unsaturated/α-hetero) is 1. The van der Waals surface area contributed by atoms with E-state index in [-0.39, 0.29) is 24.0 Å². The standard InChI is InChI=1S/C8H16NO.HI/c1-9(2,3)6-7-4-5-8(7)10;/h7H,4-6H2,1-3H3;1H/q+1;/p-1. The third kappa shape index (κ3) is 3.51. The van der Waals surface area contributed by atoms with Gasteiger partial charge in [0.2, 0.25) is 0 Å². The SMILES string of the molecule is C[N+](C)(C)CC1CCC1=O.[I-]. The average Bonchev–Trinajstić information content (AvgIpc) is 1.78. The van der Waals surface area contributed by atoms with Crippen molar-refractivity contribution in [2.24, 2.45) is 5.92 Å². The highest BCUT2D eigenvalue weighted by Crippen LogP contribution is 2.23. The van der Waals surface area contributed by atoms with Crippen molar-refractivity contribution in [3.8, 4) is 0 Å². The van der Waals surface area contributed by atoms with Gasteiger partial charge in [0.05, 0.1) is 33.6 Å². The minimum Gasteiger partial charge on any atom is -1.00 e. The monoisotopic (exact) mass is 269 g/mol. The van der Waals surface area contributed by atoms with Crippen LogP contribution < -0.4 is 24.0 Å². The molecule has 0 N–H and O–H groups in total. The molecule has 1 fully saturated rings. The zero-order chi connectivity index (χ0) is 7.78. The van der Waals surface area contributed by atoms with Crippen LogP contribution in [0, 0.1) is 5.92 Å². The molecule has 0 heterocycles. The second-order valence-electron chi connectivity index (χ2n) is 4.17. The van der Waals surface area contributed by atoms with Gasteiger partial charge in [0.1, 0.15) is 5.78 Å². The Morgan fingerprint density at radius 2 is 2.00 bits per heavy atom. The zero-order valence-corrected chi connectivity index (χ0v) is 9.59. The Bertz CT molecular complexity index is 151. The van der Waals surface area contributed by atoms with E-state index < -0.39 is 0 Å². The maximum atomic E-state index is 10.9. The van der Waals surface area contributed by atoms with Gasteiger partial charge in [-0.15, -0.1) is 0 Å². The van der Waals surface area contributed by atoms with Crippen molar-refractivity contribution >= 4 is 5.78 Å². The highest BCUT2D eigenvalue weighted by Gasteiger charge is 2.32. The van der Waals surface area contributed by atoms with Gasteiger partial charge < -0.3 is 28.5 Å². The summed E-state index contributed by atoms with van der Waals surface area (Å²) in [7, 11) is 6.39. The topological polar surface area (TPSA) is 17.1 Å². The molecule has 1 aliphatic carbocycles. The molecule has 0 aromatic carbocycles. The van der Waals surface area contributed by atoms with Gasteiger partial charge >= 0.3 is 0 Å². The highest BCUT2D eigenvalue weighted by atomic mass is 127. The molecular formula is C8H16INO. The molecule has 0 spiro atoms. The summed E-state index contributed by atoms with van der Waals surface area (Å²) in [5.41, 5.74) is 0. The average molecular weight is 269 g/mol. The van der Waals surface area contributed by atoms with Crippen LogP contribution in [-0.2, 0) is 4.79 Å². The molecule has 0 aliphatic heterocycles. The fraction of sp³-hybridized carbons (Fsp3) is 0.875. The molecule has 0 radical (unpaired) electrons. The normalized spacial score (nSPS) is 23.9. The summed E-state index contributed by atoms with van der Waals surface area (Å²) in [6.45, 7) is 1.01. The molecule has 1 unspecified atom stereocenters. The predicted molar refractivity (Wildman–Crippen MR) is 40.6 cm³/mol. The van der Waals surface area contributed by atoms with E-state index in [2.05, 4.69) is 21.1 Å². The summed E-state index contributed by atoms with van der Waals surface area (Å²) in [6.07, 6.45) is 1.94. The predicted octanol–water partition coefficient (Wildman–Crippen LogP) is -2.32. The number of ketones is 1. The molecule has 1 saturated carbocycles. The van der Waals surface area contributed by atoms with Crippen LogP contribution in [0.15, 0.2) is 0 Å². The molecule has 3 heteroatoms. The summed E-state index contributed by atoms with van der Waals surface area (Å²) in [5.74, 6) is 0.841. The molecule has 2 nitrogen and oxygen atoms in total. The third-order valence-electron chi connectivity index (χ3n) is 1.96. The maximum absolute atomic E-state index is 10.9. The number of carbonyl (C=O) groups excluding carboxylic acids is 1. The fourth-order valence-corrected chi connectivity index (χ4v) is 1.32. The van der Waals surface area contributed by atoms with Gasteiger partial charge in [0.25, 0.3) is 0 Å². The second kappa shape index (κ2) is 3.85. The molecule has 0 aromatic heterocycles. The number of nitrogens with zero attached hydrogens (tertiary/aromatic N) is 1. The van der Waals surface area contributed by atoms with E-state index in [0.29, 0.717) is 11.7 Å². The van der Waals surface area contributed by atoms with Gasteiger partial charge in [0.15, 0.2) is 0 Å². The first-order valence-electron chi connectivity index (χ1n) is 3.82. The van der Waals surface area contributed by atoms with Crippen molar-refractivity contribution in [2.45, 2.75) is 12.8 Å². The maximum Gasteiger partial charge on any atom is 0.141 e. The van der Waals surface area contributed by atoms with Crippen LogP contribution >= 0.6 is 0 Å². The first kappa shape index (κ1) is 11.4. The molecule has 0 amide bonds. The Morgan fingerprint density at radius 1 is 1.45 bits per heavy atom. The van der Waals surface area contributed by atoms with Crippen molar-refractivity contribution in [1.82, 2.24) is 0 Å². The van der Waals surface area contributed by atoms with Crippen molar-refractivity contribution in [3.63, 3.8) is 0 Å². The van der Waals surface area contributed by atoms with Crippen LogP contribution in [0.1, 0.15) is 12.8 Å². The molecule has 66 valence electrons. The summed E-state index contributed by atoms with van der Waals surface area (Å²) in [6, 6.07) is 0. The highest BCUT2D eigenvalue weighted by molar-refractivity contribution is 5.86. The van der Waals surface area contributed by atoms with Crippen LogP contribution in [0.5, 0.6) is 0 Å². The first-order chi connectivity index (χ1) is 4.49. The lowest BCUT2D eigenvalue weighted by molar-refractivity contribution is -0.873. The lowest BCUT2D eigenvalue weighted by atomic mass is 9.83. The summed E-state index contributed by atoms with van der Waals surface area (Å²) in [5, 5.41) is 0. The van der Waals surface area contributed by atoms with Gasteiger partial charge in [0, 0.05) is 6.42 Å². The minimum absolute atomic E-state index is 0. The molecule has 0 bridgehead atoms. The van der Waals surface area contributed by atoms with Crippen molar-refractivity contribution in [1.29, 1.82) is 0 Å². The zero-order valence-electron chi connectivity index (χ0n) is 7.43. The first-order valence-corrected chi connectivity index (χ1v) is 3.82. The van der Waals surface area contributed by atoms with Gasteiger partial charge in [-0.25, -0.2) is 0 Å². The van der Waals surface area contributed by atoms with Gasteiger partial charge in [-0.2, -0.15) is 0 Å². The third-order valence-corrected chi connectivity index (χ3v) is 1.96. The van der Waals surface area contributed by atoms with E-state index in [1.54, 1.807) is 0 Å². The van der Waals surface area contributed by atoms with E-state index in [1.165, 1.54) is 0 Å². The largest absolute Gasteiger partial charge is 1.00 e. The molecular weight excluding hydrogens is 253 g/mol. The number of halogens is 1. The van der Waals surface area contributed by atoms with E-state index in [9.17, 15) is 4.79 Å². The number of hydrogen-bond donors (Lipinski definition) is 0. The number of hydrogen-bond acceptors (Lipinski definition) is 1. The van der Waals surface area contributed by atoms with Crippen LogP contribution in [0.25, 0.3) is 0 Å². The van der Waals surface area contributed by atoms with E-state index in [4.69, 9.17) is 0 Å². The van der Waals surface area contributed by atoms with E-state index >= 15 is 0 Å². The summed E-state index contributed by atoms with van der Waals surface area (Å²) in [4.78, 5) is 10.9. The minimum atomic E-state index is 0. The Labute approximate surface area is 85.6 Å². The number of rotatable bonds is 2. The van der Waals surface area contributed by atoms with Crippen LogP contribution in [0.3, 0.4) is 0 Å². The molecule has 1 rings (SSSR count). The van der Waals surface area contributed by atoms with Gasteiger partial charge in [-0.05, 0) is 6.42 Å². The lowest BCUT2D eigenvalue weighted by Gasteiger charge is -2.32. The Kier molecular flexibility index (Phi) is 3.97. The second-order valence-corrected chi connectivity index (χ2v) is 4.17. The van der Waals surface area contributed by atoms with Gasteiger partial charge in [-0.3, -0.25) is 4.79 Å². The molecule has 1 aliphatic rings. The van der Waals surface area contributed by atoms with E-state index in [1.807, 2.05) is 0 Å². The van der Waals surface area contributed by atoms with Crippen LogP contribution in [-0.4, -0.2) is 38.0 Å². The number of carbonyl (C=O) groups is 1. The van der Waals surface area contributed by atoms with Crippen LogP contribution in [0.2, 0.25) is 0 Å². The Balaban J connectivity index is 0.000001000. The van der Waals surface area contributed by atoms with Gasteiger partial charge in [-0.1, -0.05) is 0 Å². The molecule has 1 atom stereocenters. The summed E-state index contributed by atoms with van der Waals surface area (Å²) < 4.78 is 0.913. The fourth-order valence-electron chi connectivity index (χ4n) is 1.32. The van der Waals surface area contributed by atoms with Crippen LogP contribution in [0.4, 0.5) is 0 Å². The van der Waals surface area contributed by atoms with E-state index in [0.717, 1.165) is 23.9 Å². The van der Waals surface area contributed by atoms with Crippen molar-refractivity contribution < 1.29 is 33.3 Å². The van der Waals surface area contributed by atoms with Crippen molar-refractivity contribution in [2.75, 3.05) is 27.7 Å².